The number of nitrogens with zero attached hydrogens (tertiary/aromatic N) is 2. The van der Waals surface area contributed by atoms with Crippen molar-refractivity contribution in [1.29, 1.82) is 0 Å². The Bertz CT molecular complexity index is 704. The number of hydrogen-bond acceptors (Lipinski definition) is 4. The fraction of sp³-hybridized carbons (Fsp3) is 0.571. The normalized spacial score (nSPS) is 18.5. The highest BCUT2D eigenvalue weighted by molar-refractivity contribution is 7.89. The van der Waals surface area contributed by atoms with Gasteiger partial charge >= 0.3 is 0 Å². The van der Waals surface area contributed by atoms with Gasteiger partial charge in [-0.25, -0.2) is 16.8 Å². The zero-order valence-corrected chi connectivity index (χ0v) is 14.5. The lowest BCUT2D eigenvalue weighted by molar-refractivity contribution is 0.273. The first-order valence-corrected chi connectivity index (χ1v) is 10.5. The molecule has 0 atom stereocenters. The fourth-order valence-corrected chi connectivity index (χ4v) is 5.00. The van der Waals surface area contributed by atoms with E-state index in [4.69, 9.17) is 0 Å². The highest BCUT2D eigenvalue weighted by atomic mass is 32.2. The third-order valence-corrected chi connectivity index (χ3v) is 7.55. The molecule has 8 heteroatoms. The van der Waals surface area contributed by atoms with Crippen LogP contribution in [0.5, 0.6) is 0 Å². The predicted octanol–water partition coefficient (Wildman–Crippen LogP) is 0.792. The summed E-state index contributed by atoms with van der Waals surface area (Å²) in [6.45, 7) is 4.43. The van der Waals surface area contributed by atoms with E-state index in [1.807, 2.05) is 31.2 Å². The van der Waals surface area contributed by atoms with Crippen LogP contribution in [0.2, 0.25) is 0 Å². The molecule has 1 heterocycles. The highest BCUT2D eigenvalue weighted by Crippen LogP contribution is 2.16. The predicted molar refractivity (Wildman–Crippen MR) is 86.4 cm³/mol. The summed E-state index contributed by atoms with van der Waals surface area (Å²) in [5, 5.41) is 0. The van der Waals surface area contributed by atoms with Crippen LogP contribution in [0.1, 0.15) is 18.1 Å². The quantitative estimate of drug-likeness (QED) is 0.790. The maximum absolute atomic E-state index is 12.4. The molecule has 1 saturated heterocycles. The molecule has 124 valence electrons. The summed E-state index contributed by atoms with van der Waals surface area (Å²) in [6, 6.07) is 7.39. The number of rotatable bonds is 5. The lowest BCUT2D eigenvalue weighted by atomic mass is 10.2. The zero-order valence-electron chi connectivity index (χ0n) is 12.9. The van der Waals surface area contributed by atoms with Crippen molar-refractivity contribution in [3.05, 3.63) is 35.4 Å². The molecule has 1 aliphatic rings. The average Bonchev–Trinajstić information content (AvgIpc) is 2.49. The van der Waals surface area contributed by atoms with Gasteiger partial charge in [0.2, 0.25) is 20.0 Å². The Labute approximate surface area is 132 Å². The Morgan fingerprint density at radius 1 is 0.864 bits per heavy atom. The third kappa shape index (κ3) is 4.07. The second-order valence-electron chi connectivity index (χ2n) is 5.44. The van der Waals surface area contributed by atoms with Crippen LogP contribution in [-0.4, -0.2) is 57.4 Å². The summed E-state index contributed by atoms with van der Waals surface area (Å²) in [4.78, 5) is 0. The van der Waals surface area contributed by atoms with Crippen molar-refractivity contribution in [2.75, 3.05) is 31.9 Å². The molecule has 2 rings (SSSR count). The van der Waals surface area contributed by atoms with Gasteiger partial charge in [0.15, 0.2) is 0 Å². The van der Waals surface area contributed by atoms with Crippen molar-refractivity contribution in [1.82, 2.24) is 8.61 Å². The lowest BCUT2D eigenvalue weighted by Gasteiger charge is -2.33. The van der Waals surface area contributed by atoms with Gasteiger partial charge in [0.25, 0.3) is 0 Å². The Hall–Kier alpha value is -0.960. The van der Waals surface area contributed by atoms with Crippen LogP contribution in [0.3, 0.4) is 0 Å². The van der Waals surface area contributed by atoms with Crippen molar-refractivity contribution in [3.63, 3.8) is 0 Å². The van der Waals surface area contributed by atoms with E-state index in [2.05, 4.69) is 0 Å². The van der Waals surface area contributed by atoms with E-state index in [1.54, 1.807) is 6.92 Å². The molecule has 0 bridgehead atoms. The Balaban J connectivity index is 2.02. The molecule has 1 fully saturated rings. The summed E-state index contributed by atoms with van der Waals surface area (Å²) in [5.41, 5.74) is 1.83. The second kappa shape index (κ2) is 6.66. The summed E-state index contributed by atoms with van der Waals surface area (Å²) in [5.74, 6) is -0.00305. The molecular weight excluding hydrogens is 324 g/mol. The molecule has 0 aromatic heterocycles. The van der Waals surface area contributed by atoms with Gasteiger partial charge in [-0.2, -0.15) is 8.61 Å². The average molecular weight is 346 g/mol. The summed E-state index contributed by atoms with van der Waals surface area (Å²) >= 11 is 0. The van der Waals surface area contributed by atoms with Crippen molar-refractivity contribution < 1.29 is 16.8 Å². The summed E-state index contributed by atoms with van der Waals surface area (Å²) < 4.78 is 51.2. The van der Waals surface area contributed by atoms with Crippen molar-refractivity contribution >= 4 is 20.0 Å². The largest absolute Gasteiger partial charge is 0.218 e. The maximum atomic E-state index is 12.4. The van der Waals surface area contributed by atoms with Crippen LogP contribution in [-0.2, 0) is 25.8 Å². The minimum Gasteiger partial charge on any atom is -0.212 e. The highest BCUT2D eigenvalue weighted by Gasteiger charge is 2.31. The molecule has 1 aliphatic heterocycles. The van der Waals surface area contributed by atoms with Gasteiger partial charge in [0.1, 0.15) is 0 Å². The van der Waals surface area contributed by atoms with Crippen LogP contribution in [0.25, 0.3) is 0 Å². The van der Waals surface area contributed by atoms with Gasteiger partial charge in [-0.15, -0.1) is 0 Å². The fourth-order valence-electron chi connectivity index (χ4n) is 2.39. The Morgan fingerprint density at radius 2 is 1.32 bits per heavy atom. The molecule has 0 saturated carbocycles. The standard InChI is InChI=1S/C14H22N2O4S2/c1-3-21(17,18)15-8-10-16(11-9-15)22(19,20)12-14-6-4-13(2)5-7-14/h4-7H,3,8-12H2,1-2H3. The Morgan fingerprint density at radius 3 is 1.77 bits per heavy atom. The Kier molecular flexibility index (Phi) is 5.26. The molecule has 1 aromatic rings. The molecule has 0 aliphatic carbocycles. The van der Waals surface area contributed by atoms with E-state index in [0.29, 0.717) is 0 Å². The third-order valence-electron chi connectivity index (χ3n) is 3.82. The van der Waals surface area contributed by atoms with Gasteiger partial charge in [-0.3, -0.25) is 0 Å². The molecule has 22 heavy (non-hydrogen) atoms. The van der Waals surface area contributed by atoms with Gasteiger partial charge in [0.05, 0.1) is 11.5 Å². The second-order valence-corrected chi connectivity index (χ2v) is 9.67. The number of sulfonamides is 2. The first-order chi connectivity index (χ1) is 10.2. The molecule has 0 unspecified atom stereocenters. The van der Waals surface area contributed by atoms with Gasteiger partial charge in [0, 0.05) is 26.2 Å². The van der Waals surface area contributed by atoms with Crippen LogP contribution < -0.4 is 0 Å². The number of aryl methyl sites for hydroxylation is 1. The zero-order chi connectivity index (χ0) is 16.4. The number of benzene rings is 1. The summed E-state index contributed by atoms with van der Waals surface area (Å²) in [7, 11) is -6.66. The van der Waals surface area contributed by atoms with E-state index < -0.39 is 20.0 Å². The first-order valence-electron chi connectivity index (χ1n) is 7.26. The van der Waals surface area contributed by atoms with Gasteiger partial charge < -0.3 is 0 Å². The van der Waals surface area contributed by atoms with Gasteiger partial charge in [-0.05, 0) is 19.4 Å². The van der Waals surface area contributed by atoms with E-state index >= 15 is 0 Å². The molecule has 0 spiro atoms. The first kappa shape index (κ1) is 17.4. The van der Waals surface area contributed by atoms with Gasteiger partial charge in [-0.1, -0.05) is 29.8 Å². The SMILES string of the molecule is CCS(=O)(=O)N1CCN(S(=O)(=O)Cc2ccc(C)cc2)CC1. The molecule has 0 radical (unpaired) electrons. The maximum Gasteiger partial charge on any atom is 0.218 e. The van der Waals surface area contributed by atoms with E-state index in [0.717, 1.165) is 11.1 Å². The summed E-state index contributed by atoms with van der Waals surface area (Å²) in [6.07, 6.45) is 0. The van der Waals surface area contributed by atoms with Crippen molar-refractivity contribution in [2.24, 2.45) is 0 Å². The minimum absolute atomic E-state index is 0.0448. The van der Waals surface area contributed by atoms with Crippen LogP contribution in [0.15, 0.2) is 24.3 Å². The molecule has 6 nitrogen and oxygen atoms in total. The van der Waals surface area contributed by atoms with Crippen LogP contribution in [0, 0.1) is 6.92 Å². The lowest BCUT2D eigenvalue weighted by Crippen LogP contribution is -2.51. The molecule has 0 N–H and O–H groups in total. The van der Waals surface area contributed by atoms with Crippen LogP contribution in [0.4, 0.5) is 0 Å². The van der Waals surface area contributed by atoms with Crippen molar-refractivity contribution in [2.45, 2.75) is 19.6 Å². The molecule has 1 aromatic carbocycles. The van der Waals surface area contributed by atoms with Crippen LogP contribution >= 0.6 is 0 Å². The van der Waals surface area contributed by atoms with E-state index in [-0.39, 0.29) is 37.7 Å². The number of piperazine rings is 1. The van der Waals surface area contributed by atoms with E-state index in [1.165, 1.54) is 8.61 Å². The smallest absolute Gasteiger partial charge is 0.212 e. The minimum atomic E-state index is -3.41. The monoisotopic (exact) mass is 346 g/mol. The molecule has 0 amide bonds. The molecular formula is C14H22N2O4S2. The number of hydrogen-bond donors (Lipinski definition) is 0. The van der Waals surface area contributed by atoms with E-state index in [9.17, 15) is 16.8 Å². The topological polar surface area (TPSA) is 74.8 Å². The van der Waals surface area contributed by atoms with Crippen molar-refractivity contribution in [3.8, 4) is 0 Å².